The lowest BCUT2D eigenvalue weighted by molar-refractivity contribution is 0.184. The predicted octanol–water partition coefficient (Wildman–Crippen LogP) is 4.22. The van der Waals surface area contributed by atoms with Crippen molar-refractivity contribution in [2.24, 2.45) is 11.7 Å². The standard InChI is InChI=1S/C21H31N3O/c1-15-2-7-19-20(14-15)25-23-21(19)17-9-12-24(13-10-17)11-8-16-3-5-18(22)6-4-16/h2,7,14,16-18H,3-6,8-13,22H2,1H3. The van der Waals surface area contributed by atoms with Crippen LogP contribution >= 0.6 is 0 Å². The van der Waals surface area contributed by atoms with Crippen molar-refractivity contribution in [1.29, 1.82) is 0 Å². The van der Waals surface area contributed by atoms with Gasteiger partial charge in [0.1, 0.15) is 0 Å². The average molecular weight is 341 g/mol. The summed E-state index contributed by atoms with van der Waals surface area (Å²) in [6.45, 7) is 5.74. The van der Waals surface area contributed by atoms with Gasteiger partial charge in [-0.1, -0.05) is 11.2 Å². The van der Waals surface area contributed by atoms with Crippen LogP contribution in [0.25, 0.3) is 11.0 Å². The predicted molar refractivity (Wildman–Crippen MR) is 102 cm³/mol. The Balaban J connectivity index is 1.29. The third-order valence-electron chi connectivity index (χ3n) is 6.37. The minimum atomic E-state index is 0.466. The zero-order valence-corrected chi connectivity index (χ0v) is 15.4. The van der Waals surface area contributed by atoms with Gasteiger partial charge in [0.25, 0.3) is 0 Å². The van der Waals surface area contributed by atoms with Crippen LogP contribution in [0.1, 0.15) is 62.1 Å². The first kappa shape index (κ1) is 17.0. The SMILES string of the molecule is Cc1ccc2c(C3CCN(CCC4CCC(N)CC4)CC3)noc2c1. The molecule has 0 unspecified atom stereocenters. The summed E-state index contributed by atoms with van der Waals surface area (Å²) in [4.78, 5) is 2.65. The van der Waals surface area contributed by atoms with Crippen molar-refractivity contribution in [3.63, 3.8) is 0 Å². The lowest BCUT2D eigenvalue weighted by atomic mass is 9.84. The molecule has 2 fully saturated rings. The molecule has 2 heterocycles. The maximum Gasteiger partial charge on any atom is 0.167 e. The molecule has 0 atom stereocenters. The second-order valence-corrected chi connectivity index (χ2v) is 8.25. The molecular weight excluding hydrogens is 310 g/mol. The summed E-state index contributed by atoms with van der Waals surface area (Å²) in [5.74, 6) is 1.45. The molecule has 25 heavy (non-hydrogen) atoms. The molecule has 0 spiro atoms. The number of piperidine rings is 1. The molecule has 4 heteroatoms. The van der Waals surface area contributed by atoms with Crippen LogP contribution in [0.5, 0.6) is 0 Å². The van der Waals surface area contributed by atoms with Crippen molar-refractivity contribution in [3.05, 3.63) is 29.5 Å². The van der Waals surface area contributed by atoms with Crippen LogP contribution in [0, 0.1) is 12.8 Å². The van der Waals surface area contributed by atoms with E-state index in [9.17, 15) is 0 Å². The fraction of sp³-hybridized carbons (Fsp3) is 0.667. The number of nitrogens with two attached hydrogens (primary N) is 1. The average Bonchev–Trinajstić information content (AvgIpc) is 3.04. The van der Waals surface area contributed by atoms with Gasteiger partial charge in [-0.3, -0.25) is 0 Å². The first-order valence-corrected chi connectivity index (χ1v) is 10.0. The summed E-state index contributed by atoms with van der Waals surface area (Å²) in [6, 6.07) is 6.90. The molecule has 1 aliphatic carbocycles. The highest BCUT2D eigenvalue weighted by molar-refractivity contribution is 5.80. The van der Waals surface area contributed by atoms with Gasteiger partial charge in [-0.25, -0.2) is 0 Å². The molecule has 2 aromatic rings. The summed E-state index contributed by atoms with van der Waals surface area (Å²) in [6.07, 6.45) is 8.88. The van der Waals surface area contributed by atoms with Crippen molar-refractivity contribution < 1.29 is 4.52 Å². The summed E-state index contributed by atoms with van der Waals surface area (Å²) in [7, 11) is 0. The Labute approximate surface area is 150 Å². The second kappa shape index (κ2) is 7.46. The van der Waals surface area contributed by atoms with Crippen molar-refractivity contribution in [3.8, 4) is 0 Å². The Morgan fingerprint density at radius 1 is 1.12 bits per heavy atom. The van der Waals surface area contributed by atoms with Gasteiger partial charge in [0.2, 0.25) is 0 Å². The zero-order valence-electron chi connectivity index (χ0n) is 15.4. The fourth-order valence-corrected chi connectivity index (χ4v) is 4.63. The Hall–Kier alpha value is -1.39. The highest BCUT2D eigenvalue weighted by atomic mass is 16.5. The van der Waals surface area contributed by atoms with Crippen molar-refractivity contribution >= 4 is 11.0 Å². The fourth-order valence-electron chi connectivity index (χ4n) is 4.63. The maximum absolute atomic E-state index is 6.02. The highest BCUT2D eigenvalue weighted by Crippen LogP contribution is 2.33. The van der Waals surface area contributed by atoms with Crippen LogP contribution in [-0.4, -0.2) is 35.7 Å². The molecule has 0 bridgehead atoms. The van der Waals surface area contributed by atoms with Crippen molar-refractivity contribution in [2.45, 2.75) is 63.8 Å². The van der Waals surface area contributed by atoms with E-state index in [4.69, 9.17) is 10.3 Å². The minimum Gasteiger partial charge on any atom is -0.356 e. The topological polar surface area (TPSA) is 55.3 Å². The van der Waals surface area contributed by atoms with E-state index >= 15 is 0 Å². The van der Waals surface area contributed by atoms with Gasteiger partial charge >= 0.3 is 0 Å². The van der Waals surface area contributed by atoms with Gasteiger partial charge in [0.15, 0.2) is 5.58 Å². The quantitative estimate of drug-likeness (QED) is 0.904. The summed E-state index contributed by atoms with van der Waals surface area (Å²) < 4.78 is 5.57. The molecular formula is C21H31N3O. The molecule has 136 valence electrons. The molecule has 2 N–H and O–H groups in total. The summed E-state index contributed by atoms with van der Waals surface area (Å²) >= 11 is 0. The number of hydrogen-bond donors (Lipinski definition) is 1. The molecule has 1 saturated carbocycles. The third-order valence-corrected chi connectivity index (χ3v) is 6.37. The smallest absolute Gasteiger partial charge is 0.167 e. The van der Waals surface area contributed by atoms with Gasteiger partial charge in [-0.05, 0) is 95.1 Å². The van der Waals surface area contributed by atoms with Crippen molar-refractivity contribution in [1.82, 2.24) is 10.1 Å². The van der Waals surface area contributed by atoms with E-state index in [1.165, 1.54) is 81.2 Å². The molecule has 1 aromatic heterocycles. The van der Waals surface area contributed by atoms with E-state index in [-0.39, 0.29) is 0 Å². The summed E-state index contributed by atoms with van der Waals surface area (Å²) in [5, 5.41) is 5.62. The maximum atomic E-state index is 6.02. The van der Waals surface area contributed by atoms with Crippen molar-refractivity contribution in [2.75, 3.05) is 19.6 Å². The first-order chi connectivity index (χ1) is 12.2. The van der Waals surface area contributed by atoms with E-state index in [0.717, 1.165) is 11.5 Å². The van der Waals surface area contributed by atoms with Crippen LogP contribution in [0.3, 0.4) is 0 Å². The lowest BCUT2D eigenvalue weighted by Crippen LogP contribution is -2.35. The van der Waals surface area contributed by atoms with Crippen LogP contribution in [-0.2, 0) is 0 Å². The highest BCUT2D eigenvalue weighted by Gasteiger charge is 2.26. The van der Waals surface area contributed by atoms with Gasteiger partial charge in [-0.2, -0.15) is 0 Å². The Morgan fingerprint density at radius 3 is 2.64 bits per heavy atom. The number of nitrogens with zero attached hydrogens (tertiary/aromatic N) is 2. The van der Waals surface area contributed by atoms with E-state index in [0.29, 0.717) is 12.0 Å². The van der Waals surface area contributed by atoms with Gasteiger partial charge in [-0.15, -0.1) is 0 Å². The molecule has 2 aliphatic rings. The van der Waals surface area contributed by atoms with E-state index in [1.807, 2.05) is 0 Å². The molecule has 4 rings (SSSR count). The Kier molecular flexibility index (Phi) is 5.09. The number of aryl methyl sites for hydroxylation is 1. The molecule has 1 saturated heterocycles. The largest absolute Gasteiger partial charge is 0.356 e. The van der Waals surface area contributed by atoms with E-state index in [2.05, 4.69) is 35.2 Å². The van der Waals surface area contributed by atoms with Crippen LogP contribution in [0.2, 0.25) is 0 Å². The second-order valence-electron chi connectivity index (χ2n) is 8.25. The minimum absolute atomic E-state index is 0.466. The zero-order chi connectivity index (χ0) is 17.2. The Bertz CT molecular complexity index is 694. The van der Waals surface area contributed by atoms with Gasteiger partial charge < -0.3 is 15.2 Å². The van der Waals surface area contributed by atoms with E-state index < -0.39 is 0 Å². The van der Waals surface area contributed by atoms with Crippen LogP contribution < -0.4 is 5.73 Å². The monoisotopic (exact) mass is 341 g/mol. The van der Waals surface area contributed by atoms with Gasteiger partial charge in [0.05, 0.1) is 5.69 Å². The molecule has 0 amide bonds. The van der Waals surface area contributed by atoms with Crippen LogP contribution in [0.15, 0.2) is 22.7 Å². The first-order valence-electron chi connectivity index (χ1n) is 10.0. The number of rotatable bonds is 4. The number of likely N-dealkylation sites (tertiary alicyclic amines) is 1. The number of hydrogen-bond acceptors (Lipinski definition) is 4. The lowest BCUT2D eigenvalue weighted by Gasteiger charge is -2.33. The third kappa shape index (κ3) is 3.90. The molecule has 4 nitrogen and oxygen atoms in total. The van der Waals surface area contributed by atoms with Crippen LogP contribution in [0.4, 0.5) is 0 Å². The van der Waals surface area contributed by atoms with E-state index in [1.54, 1.807) is 0 Å². The number of aromatic nitrogens is 1. The number of benzene rings is 1. The number of fused-ring (bicyclic) bond motifs is 1. The molecule has 1 aromatic carbocycles. The molecule has 1 aliphatic heterocycles. The Morgan fingerprint density at radius 2 is 1.88 bits per heavy atom. The molecule has 0 radical (unpaired) electrons. The van der Waals surface area contributed by atoms with Gasteiger partial charge in [0, 0.05) is 17.3 Å². The summed E-state index contributed by atoms with van der Waals surface area (Å²) in [5.41, 5.74) is 9.37. The normalized spacial score (nSPS) is 26.3.